The fourth-order valence-corrected chi connectivity index (χ4v) is 4.88. The highest BCUT2D eigenvalue weighted by Gasteiger charge is 2.21. The van der Waals surface area contributed by atoms with Gasteiger partial charge in [-0.15, -0.1) is 0 Å². The Morgan fingerprint density at radius 2 is 2.12 bits per heavy atom. The van der Waals surface area contributed by atoms with Crippen LogP contribution in [0.1, 0.15) is 18.9 Å². The van der Waals surface area contributed by atoms with Crippen molar-refractivity contribution in [2.45, 2.75) is 26.3 Å². The van der Waals surface area contributed by atoms with Gasteiger partial charge in [-0.3, -0.25) is 9.69 Å². The first-order valence-corrected chi connectivity index (χ1v) is 11.8. The van der Waals surface area contributed by atoms with Crippen molar-refractivity contribution >= 4 is 55.8 Å². The highest BCUT2D eigenvalue weighted by molar-refractivity contribution is 7.22. The predicted molar refractivity (Wildman–Crippen MR) is 130 cm³/mol. The number of imidazole rings is 1. The van der Waals surface area contributed by atoms with Crippen LogP contribution in [0.2, 0.25) is 10.0 Å². The largest absolute Gasteiger partial charge is 0.482 e. The Bertz CT molecular complexity index is 1210. The highest BCUT2D eigenvalue weighted by atomic mass is 35.5. The number of carbonyl (C=O) groups excluding carboxylic acids is 1. The molecule has 0 unspecified atom stereocenters. The first-order chi connectivity index (χ1) is 15.5. The number of nitrogens with zero attached hydrogens (tertiary/aromatic N) is 4. The topological polar surface area (TPSA) is 60.2 Å². The Morgan fingerprint density at radius 1 is 1.25 bits per heavy atom. The minimum Gasteiger partial charge on any atom is -0.482 e. The van der Waals surface area contributed by atoms with Gasteiger partial charge in [-0.1, -0.05) is 53.6 Å². The van der Waals surface area contributed by atoms with E-state index in [9.17, 15) is 4.79 Å². The molecule has 0 bridgehead atoms. The van der Waals surface area contributed by atoms with Gasteiger partial charge >= 0.3 is 0 Å². The zero-order valence-electron chi connectivity index (χ0n) is 17.5. The average Bonchev–Trinajstić information content (AvgIpc) is 3.45. The molecule has 2 aromatic heterocycles. The lowest BCUT2D eigenvalue weighted by Crippen LogP contribution is -2.36. The van der Waals surface area contributed by atoms with E-state index in [0.717, 1.165) is 29.6 Å². The van der Waals surface area contributed by atoms with Crippen molar-refractivity contribution in [3.63, 3.8) is 0 Å². The summed E-state index contributed by atoms with van der Waals surface area (Å²) in [4.78, 5) is 23.8. The number of ether oxygens (including phenoxy) is 1. The first-order valence-electron chi connectivity index (χ1n) is 10.3. The maximum Gasteiger partial charge on any atom is 0.266 e. The quantitative estimate of drug-likeness (QED) is 0.295. The molecule has 2 heterocycles. The van der Waals surface area contributed by atoms with Crippen LogP contribution < -0.4 is 9.64 Å². The number of hydrogen-bond acceptors (Lipinski definition) is 5. The fraction of sp³-hybridized carbons (Fsp3) is 0.261. The number of para-hydroxylation sites is 1. The maximum absolute atomic E-state index is 13.2. The van der Waals surface area contributed by atoms with E-state index in [1.165, 1.54) is 16.9 Å². The molecule has 166 valence electrons. The summed E-state index contributed by atoms with van der Waals surface area (Å²) in [5.41, 5.74) is 2.11. The van der Waals surface area contributed by atoms with Gasteiger partial charge in [0, 0.05) is 30.5 Å². The van der Waals surface area contributed by atoms with E-state index in [2.05, 4.69) is 18.0 Å². The molecule has 4 rings (SSSR count). The van der Waals surface area contributed by atoms with Gasteiger partial charge in [0.05, 0.1) is 21.6 Å². The molecule has 32 heavy (non-hydrogen) atoms. The van der Waals surface area contributed by atoms with E-state index in [1.807, 2.05) is 22.9 Å². The summed E-state index contributed by atoms with van der Waals surface area (Å²) < 4.78 is 8.76. The number of fused-ring (bicyclic) bond motifs is 1. The Hall–Kier alpha value is -2.61. The van der Waals surface area contributed by atoms with Gasteiger partial charge in [-0.2, -0.15) is 0 Å². The molecule has 9 heteroatoms. The number of carbonyl (C=O) groups is 1. The van der Waals surface area contributed by atoms with E-state index < -0.39 is 0 Å². The normalized spacial score (nSPS) is 11.1. The van der Waals surface area contributed by atoms with E-state index in [0.29, 0.717) is 27.5 Å². The number of aromatic nitrogens is 3. The standard InChI is InChI=1S/C23H22Cl2N4O2S/c1-2-16-5-3-6-20-22(16)27-23(32-20)29(11-4-10-28-12-9-26-15-28)21(30)14-31-19-8-7-17(24)13-18(19)25/h3,5-9,12-13,15H,2,4,10-11,14H2,1H3. The monoisotopic (exact) mass is 488 g/mol. The van der Waals surface area contributed by atoms with Gasteiger partial charge in [0.2, 0.25) is 0 Å². The Morgan fingerprint density at radius 3 is 2.88 bits per heavy atom. The molecule has 0 atom stereocenters. The van der Waals surface area contributed by atoms with Crippen LogP contribution in [0.3, 0.4) is 0 Å². The predicted octanol–water partition coefficient (Wildman–Crippen LogP) is 5.86. The fourth-order valence-electron chi connectivity index (χ4n) is 3.36. The minimum absolute atomic E-state index is 0.150. The van der Waals surface area contributed by atoms with E-state index in [1.54, 1.807) is 35.6 Å². The second-order valence-corrected chi connectivity index (χ2v) is 9.03. The van der Waals surface area contributed by atoms with Gasteiger partial charge in [-0.25, -0.2) is 9.97 Å². The second-order valence-electron chi connectivity index (χ2n) is 7.18. The third-order valence-corrected chi connectivity index (χ3v) is 6.58. The van der Waals surface area contributed by atoms with Crippen LogP contribution in [0.15, 0.2) is 55.1 Å². The molecule has 4 aromatic rings. The van der Waals surface area contributed by atoms with Crippen molar-refractivity contribution in [1.82, 2.24) is 14.5 Å². The van der Waals surface area contributed by atoms with Crippen LogP contribution in [0.5, 0.6) is 5.75 Å². The zero-order chi connectivity index (χ0) is 22.5. The highest BCUT2D eigenvalue weighted by Crippen LogP contribution is 2.32. The Kier molecular flexibility index (Phi) is 7.29. The van der Waals surface area contributed by atoms with E-state index >= 15 is 0 Å². The van der Waals surface area contributed by atoms with Crippen LogP contribution in [0.4, 0.5) is 5.13 Å². The van der Waals surface area contributed by atoms with Crippen molar-refractivity contribution in [1.29, 1.82) is 0 Å². The molecular formula is C23H22Cl2N4O2S. The Balaban J connectivity index is 1.54. The molecule has 0 fully saturated rings. The van der Waals surface area contributed by atoms with Crippen molar-refractivity contribution in [2.24, 2.45) is 0 Å². The van der Waals surface area contributed by atoms with Gasteiger partial charge in [0.1, 0.15) is 5.75 Å². The number of benzene rings is 2. The summed E-state index contributed by atoms with van der Waals surface area (Å²) in [6, 6.07) is 11.1. The van der Waals surface area contributed by atoms with Crippen LogP contribution in [-0.4, -0.2) is 33.6 Å². The number of halogens is 2. The van der Waals surface area contributed by atoms with Gasteiger partial charge in [0.15, 0.2) is 11.7 Å². The number of rotatable bonds is 9. The molecule has 0 N–H and O–H groups in total. The van der Waals surface area contributed by atoms with E-state index in [-0.39, 0.29) is 12.5 Å². The molecular weight excluding hydrogens is 467 g/mol. The van der Waals surface area contributed by atoms with Gasteiger partial charge in [-0.05, 0) is 42.7 Å². The van der Waals surface area contributed by atoms with E-state index in [4.69, 9.17) is 32.9 Å². The third kappa shape index (κ3) is 5.23. The van der Waals surface area contributed by atoms with Crippen molar-refractivity contribution in [3.05, 3.63) is 70.7 Å². The first kappa shape index (κ1) is 22.6. The molecule has 0 spiro atoms. The lowest BCUT2D eigenvalue weighted by atomic mass is 10.1. The van der Waals surface area contributed by atoms with Gasteiger partial charge < -0.3 is 9.30 Å². The number of anilines is 1. The summed E-state index contributed by atoms with van der Waals surface area (Å²) in [6.07, 6.45) is 7.05. The molecule has 0 aliphatic carbocycles. The SMILES string of the molecule is CCc1cccc2sc(N(CCCn3ccnc3)C(=O)COc3ccc(Cl)cc3Cl)nc12. The minimum atomic E-state index is -0.182. The molecule has 1 amide bonds. The summed E-state index contributed by atoms with van der Waals surface area (Å²) in [5.74, 6) is 0.235. The van der Waals surface area contributed by atoms with Crippen molar-refractivity contribution < 1.29 is 9.53 Å². The third-order valence-electron chi connectivity index (χ3n) is 5.01. The summed E-state index contributed by atoms with van der Waals surface area (Å²) in [7, 11) is 0. The van der Waals surface area contributed by atoms with Crippen molar-refractivity contribution in [3.8, 4) is 5.75 Å². The van der Waals surface area contributed by atoms with Crippen LogP contribution in [-0.2, 0) is 17.8 Å². The summed E-state index contributed by atoms with van der Waals surface area (Å²) in [6.45, 7) is 3.21. The second kappa shape index (κ2) is 10.3. The Labute approximate surface area is 200 Å². The summed E-state index contributed by atoms with van der Waals surface area (Å²) >= 11 is 13.6. The molecule has 0 aliphatic rings. The smallest absolute Gasteiger partial charge is 0.266 e. The van der Waals surface area contributed by atoms with Crippen molar-refractivity contribution in [2.75, 3.05) is 18.1 Å². The zero-order valence-corrected chi connectivity index (χ0v) is 19.8. The summed E-state index contributed by atoms with van der Waals surface area (Å²) in [5, 5.41) is 1.54. The molecule has 0 radical (unpaired) electrons. The van der Waals surface area contributed by atoms with Gasteiger partial charge in [0.25, 0.3) is 5.91 Å². The van der Waals surface area contributed by atoms with Crippen LogP contribution in [0.25, 0.3) is 10.2 Å². The molecule has 6 nitrogen and oxygen atoms in total. The lowest BCUT2D eigenvalue weighted by Gasteiger charge is -2.20. The maximum atomic E-state index is 13.2. The number of hydrogen-bond donors (Lipinski definition) is 0. The number of amides is 1. The number of aryl methyl sites for hydroxylation is 2. The molecule has 0 saturated heterocycles. The van der Waals surface area contributed by atoms with Crippen LogP contribution in [0, 0.1) is 0 Å². The average molecular weight is 489 g/mol. The lowest BCUT2D eigenvalue weighted by molar-refractivity contribution is -0.120. The molecule has 2 aromatic carbocycles. The molecule has 0 aliphatic heterocycles. The number of thiazole rings is 1. The van der Waals surface area contributed by atoms with Crippen LogP contribution >= 0.6 is 34.5 Å². The molecule has 0 saturated carbocycles.